The number of rotatable bonds is 8. The summed E-state index contributed by atoms with van der Waals surface area (Å²) in [7, 11) is 1.26. The number of H-pyrrole nitrogens is 1. The van der Waals surface area contributed by atoms with E-state index in [0.29, 0.717) is 30.1 Å². The smallest absolute Gasteiger partial charge is 0.330 e. The predicted molar refractivity (Wildman–Crippen MR) is 134 cm³/mol. The summed E-state index contributed by atoms with van der Waals surface area (Å²) in [6, 6.07) is 5.91. The molecular formula is C25H38N2O6Si. The van der Waals surface area contributed by atoms with E-state index < -0.39 is 20.2 Å². The minimum Gasteiger partial charge on any atom is -0.493 e. The van der Waals surface area contributed by atoms with Crippen LogP contribution in [0.2, 0.25) is 18.1 Å². The van der Waals surface area contributed by atoms with E-state index in [1.807, 2.05) is 18.2 Å². The number of nitrogens with one attached hydrogen (secondary N) is 1. The fourth-order valence-corrected chi connectivity index (χ4v) is 4.98. The average Bonchev–Trinajstić information content (AvgIpc) is 3.16. The zero-order valence-electron chi connectivity index (χ0n) is 21.6. The molecule has 0 amide bonds. The van der Waals surface area contributed by atoms with Crippen LogP contribution in [0.1, 0.15) is 44.5 Å². The lowest BCUT2D eigenvalue weighted by atomic mass is 9.92. The van der Waals surface area contributed by atoms with E-state index in [4.69, 9.17) is 18.6 Å². The van der Waals surface area contributed by atoms with Crippen molar-refractivity contribution in [2.45, 2.75) is 71.0 Å². The third kappa shape index (κ3) is 5.64. The SMILES string of the molecule is COc1ccc(C[C@H]2C[C@H](n3cc(C)c(=O)[nH]c3=O)O[C@@H]2CO[Si](C)(C)C(C)(C)C)cc1OC. The molecule has 0 saturated carbocycles. The number of hydrogen-bond acceptors (Lipinski definition) is 6. The van der Waals surface area contributed by atoms with Gasteiger partial charge in [0.05, 0.1) is 26.9 Å². The Morgan fingerprint density at radius 1 is 1.15 bits per heavy atom. The van der Waals surface area contributed by atoms with E-state index in [1.54, 1.807) is 27.3 Å². The highest BCUT2D eigenvalue weighted by molar-refractivity contribution is 6.74. The number of aryl methyl sites for hydroxylation is 1. The number of hydrogen-bond donors (Lipinski definition) is 1. The maximum absolute atomic E-state index is 12.5. The quantitative estimate of drug-likeness (QED) is 0.562. The molecule has 1 aliphatic heterocycles. The standard InChI is InChI=1S/C25H38N2O6Si/c1-16-14-27(24(29)26-23(16)28)22-13-18(11-17-9-10-19(30-5)20(12-17)31-6)21(33-22)15-32-34(7,8)25(2,3)4/h9-10,12,14,18,21-22H,11,13,15H2,1-8H3,(H,26,28,29)/t18-,21+,22+/m0/s1. The number of nitrogens with zero attached hydrogens (tertiary/aromatic N) is 1. The summed E-state index contributed by atoms with van der Waals surface area (Å²) in [6.45, 7) is 13.2. The van der Waals surface area contributed by atoms with Crippen LogP contribution < -0.4 is 20.7 Å². The van der Waals surface area contributed by atoms with Crippen molar-refractivity contribution < 1.29 is 18.6 Å². The molecule has 1 aromatic carbocycles. The van der Waals surface area contributed by atoms with Crippen LogP contribution in [-0.2, 0) is 15.6 Å². The Morgan fingerprint density at radius 3 is 2.44 bits per heavy atom. The van der Waals surface area contributed by atoms with Gasteiger partial charge in [-0.15, -0.1) is 0 Å². The van der Waals surface area contributed by atoms with Crippen LogP contribution in [0.25, 0.3) is 0 Å². The van der Waals surface area contributed by atoms with Crippen molar-refractivity contribution in [2.24, 2.45) is 5.92 Å². The lowest BCUT2D eigenvalue weighted by Gasteiger charge is -2.37. The Balaban J connectivity index is 1.88. The second kappa shape index (κ2) is 10.1. The van der Waals surface area contributed by atoms with Crippen molar-refractivity contribution in [3.63, 3.8) is 0 Å². The summed E-state index contributed by atoms with van der Waals surface area (Å²) >= 11 is 0. The molecule has 34 heavy (non-hydrogen) atoms. The lowest BCUT2D eigenvalue weighted by molar-refractivity contribution is -0.0300. The number of aromatic amines is 1. The monoisotopic (exact) mass is 490 g/mol. The first-order chi connectivity index (χ1) is 15.9. The van der Waals surface area contributed by atoms with E-state index in [2.05, 4.69) is 38.8 Å². The fourth-order valence-electron chi connectivity index (χ4n) is 3.97. The van der Waals surface area contributed by atoms with Gasteiger partial charge in [-0.3, -0.25) is 14.3 Å². The molecule has 2 aromatic rings. The summed E-state index contributed by atoms with van der Waals surface area (Å²) in [6.07, 6.45) is 2.29. The van der Waals surface area contributed by atoms with Crippen LogP contribution in [0.4, 0.5) is 0 Å². The second-order valence-corrected chi connectivity index (χ2v) is 15.4. The zero-order chi connectivity index (χ0) is 25.3. The van der Waals surface area contributed by atoms with Crippen molar-refractivity contribution >= 4 is 8.32 Å². The predicted octanol–water partition coefficient (Wildman–Crippen LogP) is 4.03. The van der Waals surface area contributed by atoms with Crippen LogP contribution in [0.15, 0.2) is 34.0 Å². The molecule has 3 atom stereocenters. The van der Waals surface area contributed by atoms with Crippen LogP contribution in [0.5, 0.6) is 11.5 Å². The van der Waals surface area contributed by atoms with Crippen molar-refractivity contribution in [3.8, 4) is 11.5 Å². The number of aromatic nitrogens is 2. The van der Waals surface area contributed by atoms with Crippen molar-refractivity contribution in [3.05, 3.63) is 56.4 Å². The van der Waals surface area contributed by atoms with Gasteiger partial charge in [0.1, 0.15) is 6.23 Å². The molecular weight excluding hydrogens is 452 g/mol. The highest BCUT2D eigenvalue weighted by Gasteiger charge is 2.41. The molecule has 3 rings (SSSR count). The van der Waals surface area contributed by atoms with Crippen LogP contribution >= 0.6 is 0 Å². The molecule has 9 heteroatoms. The minimum absolute atomic E-state index is 0.0802. The second-order valence-electron chi connectivity index (χ2n) is 10.6. The van der Waals surface area contributed by atoms with E-state index in [0.717, 1.165) is 12.0 Å². The summed E-state index contributed by atoms with van der Waals surface area (Å²) in [4.78, 5) is 26.8. The molecule has 188 valence electrons. The Bertz CT molecular complexity index is 1120. The third-order valence-electron chi connectivity index (χ3n) is 7.18. The first-order valence-electron chi connectivity index (χ1n) is 11.7. The van der Waals surface area contributed by atoms with Gasteiger partial charge < -0.3 is 18.6 Å². The first-order valence-corrected chi connectivity index (χ1v) is 14.6. The molecule has 0 radical (unpaired) electrons. The van der Waals surface area contributed by atoms with E-state index in [9.17, 15) is 9.59 Å². The molecule has 1 fully saturated rings. The van der Waals surface area contributed by atoms with Crippen LogP contribution in [0, 0.1) is 12.8 Å². The molecule has 8 nitrogen and oxygen atoms in total. The van der Waals surface area contributed by atoms with Crippen molar-refractivity contribution in [1.29, 1.82) is 0 Å². The zero-order valence-corrected chi connectivity index (χ0v) is 22.6. The normalized spacial score (nSPS) is 21.0. The topological polar surface area (TPSA) is 91.8 Å². The fraction of sp³-hybridized carbons (Fsp3) is 0.600. The summed E-state index contributed by atoms with van der Waals surface area (Å²) < 4.78 is 25.2. The minimum atomic E-state index is -1.98. The van der Waals surface area contributed by atoms with Gasteiger partial charge in [0.25, 0.3) is 5.56 Å². The highest BCUT2D eigenvalue weighted by Crippen LogP contribution is 2.40. The number of benzene rings is 1. The summed E-state index contributed by atoms with van der Waals surface area (Å²) in [5.41, 5.74) is 0.727. The van der Waals surface area contributed by atoms with E-state index in [-0.39, 0.29) is 22.6 Å². The molecule has 1 aliphatic rings. The molecule has 0 unspecified atom stereocenters. The van der Waals surface area contributed by atoms with Gasteiger partial charge in [0.2, 0.25) is 0 Å². The van der Waals surface area contributed by atoms with Crippen LogP contribution in [-0.4, -0.2) is 44.8 Å². The maximum Gasteiger partial charge on any atom is 0.330 e. The Hall–Kier alpha value is -2.36. The molecule has 2 heterocycles. The van der Waals surface area contributed by atoms with Gasteiger partial charge >= 0.3 is 5.69 Å². The van der Waals surface area contributed by atoms with Gasteiger partial charge in [0, 0.05) is 11.8 Å². The third-order valence-corrected chi connectivity index (χ3v) is 11.7. The number of ether oxygens (including phenoxy) is 3. The van der Waals surface area contributed by atoms with Crippen molar-refractivity contribution in [1.82, 2.24) is 9.55 Å². The van der Waals surface area contributed by atoms with E-state index >= 15 is 0 Å². The molecule has 0 bridgehead atoms. The average molecular weight is 491 g/mol. The van der Waals surface area contributed by atoms with Gasteiger partial charge in [-0.2, -0.15) is 0 Å². The first kappa shape index (κ1) is 26.2. The number of methoxy groups -OCH3 is 2. The van der Waals surface area contributed by atoms with Gasteiger partial charge in [0.15, 0.2) is 19.8 Å². The Labute approximate surface area is 202 Å². The largest absolute Gasteiger partial charge is 0.493 e. The highest BCUT2D eigenvalue weighted by atomic mass is 28.4. The molecule has 0 aliphatic carbocycles. The van der Waals surface area contributed by atoms with Gasteiger partial charge in [-0.25, -0.2) is 4.79 Å². The molecule has 1 N–H and O–H groups in total. The summed E-state index contributed by atoms with van der Waals surface area (Å²) in [5, 5.41) is 0.0802. The summed E-state index contributed by atoms with van der Waals surface area (Å²) in [5.74, 6) is 1.48. The Kier molecular flexibility index (Phi) is 7.79. The molecule has 1 aromatic heterocycles. The maximum atomic E-state index is 12.5. The Morgan fingerprint density at radius 2 is 1.82 bits per heavy atom. The van der Waals surface area contributed by atoms with Gasteiger partial charge in [-0.05, 0) is 61.5 Å². The molecule has 0 spiro atoms. The van der Waals surface area contributed by atoms with Crippen LogP contribution in [0.3, 0.4) is 0 Å². The van der Waals surface area contributed by atoms with E-state index in [1.165, 1.54) is 4.57 Å². The molecule has 1 saturated heterocycles. The van der Waals surface area contributed by atoms with Crippen molar-refractivity contribution in [2.75, 3.05) is 20.8 Å². The van der Waals surface area contributed by atoms with Gasteiger partial charge in [-0.1, -0.05) is 26.8 Å². The lowest BCUT2D eigenvalue weighted by Crippen LogP contribution is -2.43.